The maximum atomic E-state index is 15.1. The van der Waals surface area contributed by atoms with E-state index in [0.717, 1.165) is 38.3 Å². The van der Waals surface area contributed by atoms with Crippen molar-refractivity contribution in [3.8, 4) is 0 Å². The summed E-state index contributed by atoms with van der Waals surface area (Å²) in [6.45, 7) is -0.524. The fourth-order valence-electron chi connectivity index (χ4n) is 8.59. The van der Waals surface area contributed by atoms with E-state index >= 15 is 4.79 Å². The number of aliphatic hydroxyl groups excluding tert-OH is 1. The third kappa shape index (κ3) is 7.22. The molecular formula is C51H41N5O6S2. The number of hydrogen-bond donors (Lipinski definition) is 4. The molecule has 0 spiro atoms. The van der Waals surface area contributed by atoms with Crippen LogP contribution in [0.15, 0.2) is 198 Å². The second kappa shape index (κ2) is 17.8. The number of aromatic nitrogens is 1. The first-order valence-corrected chi connectivity index (χ1v) is 22.3. The van der Waals surface area contributed by atoms with E-state index in [-0.39, 0.29) is 33.4 Å². The van der Waals surface area contributed by atoms with Crippen LogP contribution in [0.1, 0.15) is 44.1 Å². The molecule has 5 N–H and O–H groups in total. The Hall–Kier alpha value is -7.32. The van der Waals surface area contributed by atoms with E-state index in [9.17, 15) is 19.8 Å². The van der Waals surface area contributed by atoms with E-state index in [1.807, 2.05) is 182 Å². The number of aliphatic hydroxyl groups is 1. The molecule has 13 heteroatoms. The van der Waals surface area contributed by atoms with E-state index in [4.69, 9.17) is 20.7 Å². The maximum absolute atomic E-state index is 15.1. The third-order valence-corrected chi connectivity index (χ3v) is 13.9. The second-order valence-electron chi connectivity index (χ2n) is 15.2. The number of benzene rings is 6. The normalized spacial score (nSPS) is 16.4. The molecule has 2 aliphatic heterocycles. The fraction of sp³-hybridized carbons (Fsp3) is 0.118. The summed E-state index contributed by atoms with van der Waals surface area (Å²) in [7, 11) is 0. The molecule has 3 heterocycles. The molecule has 7 aromatic rings. The lowest BCUT2D eigenvalue weighted by Gasteiger charge is -2.49. The van der Waals surface area contributed by atoms with Crippen molar-refractivity contribution in [1.82, 2.24) is 15.2 Å². The van der Waals surface area contributed by atoms with Crippen LogP contribution in [0.25, 0.3) is 0 Å². The van der Waals surface area contributed by atoms with Gasteiger partial charge in [0.25, 0.3) is 11.8 Å². The minimum Gasteiger partial charge on any atom is -0.477 e. The number of anilines is 1. The number of thiazole rings is 1. The topological polar surface area (TPSA) is 167 Å². The zero-order valence-electron chi connectivity index (χ0n) is 34.2. The summed E-state index contributed by atoms with van der Waals surface area (Å²) in [6.07, 6.45) is 0. The lowest BCUT2D eigenvalue weighted by molar-refractivity contribution is -0.150. The first kappa shape index (κ1) is 42.0. The Balaban J connectivity index is 1.24. The maximum Gasteiger partial charge on any atom is 0.352 e. The Morgan fingerprint density at radius 1 is 0.719 bits per heavy atom. The molecular weight excluding hydrogens is 843 g/mol. The number of rotatable bonds is 14. The lowest BCUT2D eigenvalue weighted by atomic mass is 9.70. The van der Waals surface area contributed by atoms with Gasteiger partial charge in [0, 0.05) is 22.4 Å². The summed E-state index contributed by atoms with van der Waals surface area (Å²) in [5, 5.41) is 27.5. The van der Waals surface area contributed by atoms with Crippen LogP contribution in [-0.4, -0.2) is 67.4 Å². The molecule has 1 fully saturated rings. The van der Waals surface area contributed by atoms with Crippen LogP contribution in [0.3, 0.4) is 0 Å². The van der Waals surface area contributed by atoms with Gasteiger partial charge in [-0.2, -0.15) is 0 Å². The number of amides is 2. The molecule has 2 atom stereocenters. The number of nitrogens with one attached hydrogen (secondary N) is 1. The summed E-state index contributed by atoms with van der Waals surface area (Å²) in [6, 6.07) is 57.4. The zero-order chi connectivity index (χ0) is 44.3. The molecule has 1 saturated heterocycles. The molecule has 0 unspecified atom stereocenters. The van der Waals surface area contributed by atoms with Crippen molar-refractivity contribution in [2.24, 2.45) is 5.16 Å². The van der Waals surface area contributed by atoms with Gasteiger partial charge in [-0.05, 0) is 22.3 Å². The molecule has 64 heavy (non-hydrogen) atoms. The number of fused-ring (bicyclic) bond motifs is 1. The van der Waals surface area contributed by atoms with Crippen LogP contribution in [0.5, 0.6) is 0 Å². The van der Waals surface area contributed by atoms with E-state index in [1.54, 1.807) is 0 Å². The van der Waals surface area contributed by atoms with Gasteiger partial charge < -0.3 is 26.1 Å². The van der Waals surface area contributed by atoms with Crippen molar-refractivity contribution in [3.63, 3.8) is 0 Å². The predicted octanol–water partition coefficient (Wildman–Crippen LogP) is 7.55. The van der Waals surface area contributed by atoms with Gasteiger partial charge in [-0.3, -0.25) is 14.5 Å². The molecule has 318 valence electrons. The average Bonchev–Trinajstić information content (AvgIpc) is 3.74. The van der Waals surface area contributed by atoms with Crippen LogP contribution in [-0.2, 0) is 30.2 Å². The highest BCUT2D eigenvalue weighted by Crippen LogP contribution is 2.48. The summed E-state index contributed by atoms with van der Waals surface area (Å²) in [5.74, 6) is -2.66. The van der Waals surface area contributed by atoms with E-state index in [2.05, 4.69) is 5.32 Å². The fourth-order valence-corrected chi connectivity index (χ4v) is 11.0. The summed E-state index contributed by atoms with van der Waals surface area (Å²) in [4.78, 5) is 54.5. The smallest absolute Gasteiger partial charge is 0.352 e. The van der Waals surface area contributed by atoms with Crippen molar-refractivity contribution in [1.29, 1.82) is 0 Å². The quantitative estimate of drug-likeness (QED) is 0.0373. The van der Waals surface area contributed by atoms with Gasteiger partial charge >= 0.3 is 5.97 Å². The Bertz CT molecular complexity index is 2670. The van der Waals surface area contributed by atoms with E-state index < -0.39 is 46.8 Å². The number of carboxylic acid groups (broad SMARTS) is 1. The SMILES string of the molecule is Nc1sc(C(c2ccccc2)(c2ccccc2)c2ccccc2)nc1/C(=N/OC(c1ccccc1)(c1ccccc1)c1ccccc1)C(=O)N[C@@H]1C(=O)N2C(C(=O)O)=C(CO)CS[C@H]12. The first-order valence-electron chi connectivity index (χ1n) is 20.5. The lowest BCUT2D eigenvalue weighted by Crippen LogP contribution is -2.71. The highest BCUT2D eigenvalue weighted by molar-refractivity contribution is 8.00. The van der Waals surface area contributed by atoms with Crippen molar-refractivity contribution in [2.75, 3.05) is 18.1 Å². The predicted molar refractivity (Wildman–Crippen MR) is 248 cm³/mol. The van der Waals surface area contributed by atoms with Crippen LogP contribution >= 0.6 is 23.1 Å². The molecule has 0 bridgehead atoms. The molecule has 0 radical (unpaired) electrons. The molecule has 2 amide bonds. The van der Waals surface area contributed by atoms with E-state index in [0.29, 0.717) is 5.01 Å². The Morgan fingerprint density at radius 2 is 1.14 bits per heavy atom. The Kier molecular flexibility index (Phi) is 11.7. The molecule has 0 saturated carbocycles. The number of oxime groups is 1. The highest BCUT2D eigenvalue weighted by Gasteiger charge is 2.55. The standard InChI is InChI=1S/C51H41N5O6S2/c52-44-40(54-49(64-44)50(34-19-7-1-8-20-34,35-21-9-2-10-22-35)36-23-11-3-12-24-36)41(45(58)53-42-46(59)56-43(48(60)61)33(31-57)32-63-47(42)56)55-62-51(37-25-13-4-14-26-37,38-27-15-5-16-28-38)39-29-17-6-18-30-39/h1-30,42,47,57H,31-32,52H2,(H,53,58)(H,60,61)/b55-41-/t42-,47-/m1/s1. The number of nitrogen functional groups attached to an aromatic ring is 1. The molecule has 6 aromatic carbocycles. The minimum atomic E-state index is -1.41. The highest BCUT2D eigenvalue weighted by atomic mass is 32.2. The van der Waals surface area contributed by atoms with Gasteiger partial charge in [0.05, 0.1) is 12.0 Å². The number of carboxylic acids is 1. The average molecular weight is 884 g/mol. The van der Waals surface area contributed by atoms with Gasteiger partial charge in [-0.25, -0.2) is 9.78 Å². The number of β-lactam (4-membered cyclic amide) rings is 1. The van der Waals surface area contributed by atoms with Gasteiger partial charge in [-0.15, -0.1) is 11.8 Å². The number of nitrogens with zero attached hydrogens (tertiary/aromatic N) is 3. The number of hydrogen-bond acceptors (Lipinski definition) is 10. The van der Waals surface area contributed by atoms with Crippen molar-refractivity contribution in [2.45, 2.75) is 22.4 Å². The minimum absolute atomic E-state index is 0.0290. The molecule has 2 aliphatic rings. The number of nitrogens with two attached hydrogens (primary N) is 1. The molecule has 11 nitrogen and oxygen atoms in total. The zero-order valence-corrected chi connectivity index (χ0v) is 35.8. The van der Waals surface area contributed by atoms with Crippen LogP contribution < -0.4 is 11.1 Å². The van der Waals surface area contributed by atoms with Gasteiger partial charge in [0.2, 0.25) is 5.60 Å². The van der Waals surface area contributed by atoms with Gasteiger partial charge in [0.15, 0.2) is 5.71 Å². The van der Waals surface area contributed by atoms with Crippen molar-refractivity contribution >= 4 is 51.6 Å². The number of thioether (sulfide) groups is 1. The van der Waals surface area contributed by atoms with E-state index in [1.165, 1.54) is 23.1 Å². The van der Waals surface area contributed by atoms with Crippen LogP contribution in [0.4, 0.5) is 5.00 Å². The monoisotopic (exact) mass is 883 g/mol. The number of carbonyl (C=O) groups is 3. The second-order valence-corrected chi connectivity index (χ2v) is 17.3. The Morgan fingerprint density at radius 3 is 1.55 bits per heavy atom. The largest absolute Gasteiger partial charge is 0.477 e. The summed E-state index contributed by atoms with van der Waals surface area (Å²) < 4.78 is 0. The molecule has 9 rings (SSSR count). The van der Waals surface area contributed by atoms with Crippen molar-refractivity contribution < 1.29 is 29.4 Å². The van der Waals surface area contributed by atoms with Crippen molar-refractivity contribution in [3.05, 3.63) is 237 Å². The number of aliphatic carboxylic acids is 1. The third-order valence-electron chi connectivity index (χ3n) is 11.6. The van der Waals surface area contributed by atoms with Gasteiger partial charge in [-0.1, -0.05) is 198 Å². The summed E-state index contributed by atoms with van der Waals surface area (Å²) in [5.41, 5.74) is 9.14. The molecule has 1 aromatic heterocycles. The first-order chi connectivity index (χ1) is 31.3. The number of carbonyl (C=O) groups excluding carboxylic acids is 2. The summed E-state index contributed by atoms with van der Waals surface area (Å²) >= 11 is 2.45. The molecule has 0 aliphatic carbocycles. The Labute approximate surface area is 377 Å². The van der Waals surface area contributed by atoms with Gasteiger partial charge in [0.1, 0.15) is 32.8 Å². The van der Waals surface area contributed by atoms with Crippen LogP contribution in [0.2, 0.25) is 0 Å². The van der Waals surface area contributed by atoms with Crippen LogP contribution in [0, 0.1) is 0 Å².